The second-order valence-corrected chi connectivity index (χ2v) is 7.09. The van der Waals surface area contributed by atoms with Crippen molar-refractivity contribution < 1.29 is 8.78 Å². The molecule has 7 heteroatoms. The van der Waals surface area contributed by atoms with Gasteiger partial charge in [-0.05, 0) is 47.8 Å². The fourth-order valence-corrected chi connectivity index (χ4v) is 4.17. The summed E-state index contributed by atoms with van der Waals surface area (Å²) >= 11 is 3.34. The number of alkyl halides is 2. The highest BCUT2D eigenvalue weighted by atomic mass is 79.9. The molecule has 1 unspecified atom stereocenters. The lowest BCUT2D eigenvalue weighted by Gasteiger charge is -2.28. The van der Waals surface area contributed by atoms with Gasteiger partial charge in [0, 0.05) is 20.5 Å². The summed E-state index contributed by atoms with van der Waals surface area (Å²) in [6.45, 7) is 7.65. The molecule has 0 aromatic carbocycles. The van der Waals surface area contributed by atoms with Crippen LogP contribution in [-0.2, 0) is 13.0 Å². The molecule has 1 atom stereocenters. The Bertz CT molecular complexity index is 768. The van der Waals surface area contributed by atoms with Gasteiger partial charge in [0.05, 0.1) is 16.2 Å². The molecule has 0 saturated heterocycles. The van der Waals surface area contributed by atoms with Gasteiger partial charge in [-0.25, -0.2) is 0 Å². The number of halogens is 3. The Kier molecular flexibility index (Phi) is 3.74. The quantitative estimate of drug-likeness (QED) is 0.769. The van der Waals surface area contributed by atoms with Gasteiger partial charge in [-0.1, -0.05) is 6.08 Å². The fourth-order valence-electron chi connectivity index (χ4n) is 3.29. The number of fused-ring (bicyclic) bond motifs is 1. The summed E-state index contributed by atoms with van der Waals surface area (Å²) in [5.41, 5.74) is 3.34. The number of allylic oxidation sites excluding steroid dienone is 2. The molecule has 2 aliphatic heterocycles. The zero-order chi connectivity index (χ0) is 17.1. The normalized spacial score (nSPS) is 21.6. The Morgan fingerprint density at radius 1 is 1.35 bits per heavy atom. The first-order valence-corrected chi connectivity index (χ1v) is 8.26. The monoisotopic (exact) mass is 384 g/mol. The van der Waals surface area contributed by atoms with E-state index in [-0.39, 0.29) is 11.7 Å². The van der Waals surface area contributed by atoms with E-state index in [1.165, 1.54) is 4.68 Å². The maximum Gasteiger partial charge on any atom is 0.287 e. The van der Waals surface area contributed by atoms with E-state index in [0.29, 0.717) is 10.2 Å². The van der Waals surface area contributed by atoms with Crippen molar-refractivity contribution >= 4 is 27.5 Å². The first-order chi connectivity index (χ1) is 10.6. The van der Waals surface area contributed by atoms with Crippen LogP contribution in [0.1, 0.15) is 39.1 Å². The lowest BCUT2D eigenvalue weighted by Crippen LogP contribution is -2.31. The molecule has 124 valence electrons. The van der Waals surface area contributed by atoms with E-state index in [9.17, 15) is 8.78 Å². The van der Waals surface area contributed by atoms with Crippen LogP contribution in [0, 0.1) is 0 Å². The van der Waals surface area contributed by atoms with Crippen LogP contribution >= 0.6 is 15.9 Å². The van der Waals surface area contributed by atoms with E-state index in [1.807, 2.05) is 26.8 Å². The molecule has 3 rings (SSSR count). The molecule has 1 aromatic rings. The van der Waals surface area contributed by atoms with E-state index in [1.54, 1.807) is 7.05 Å². The Balaban J connectivity index is 2.19. The highest BCUT2D eigenvalue weighted by Crippen LogP contribution is 2.41. The molecule has 0 aliphatic carbocycles. The lowest BCUT2D eigenvalue weighted by atomic mass is 10.0. The number of amidine groups is 1. The molecule has 0 bridgehead atoms. The van der Waals surface area contributed by atoms with Crippen LogP contribution in [0.2, 0.25) is 0 Å². The highest BCUT2D eigenvalue weighted by Gasteiger charge is 2.38. The minimum atomic E-state index is -2.97. The number of aliphatic imine (C=N–C) groups is 1. The van der Waals surface area contributed by atoms with E-state index in [4.69, 9.17) is 0 Å². The van der Waals surface area contributed by atoms with Gasteiger partial charge in [-0.3, -0.25) is 9.67 Å². The van der Waals surface area contributed by atoms with E-state index in [0.717, 1.165) is 36.1 Å². The average Bonchev–Trinajstić information content (AvgIpc) is 2.90. The molecule has 1 aromatic heterocycles. The summed E-state index contributed by atoms with van der Waals surface area (Å²) in [6, 6.07) is 0.170. The zero-order valence-corrected chi connectivity index (χ0v) is 15.4. The Hall–Kier alpha value is -1.50. The van der Waals surface area contributed by atoms with Crippen molar-refractivity contribution in [1.82, 2.24) is 14.7 Å². The lowest BCUT2D eigenvalue weighted by molar-refractivity contribution is 0.00805. The molecule has 0 fully saturated rings. The molecule has 0 amide bonds. The van der Waals surface area contributed by atoms with Gasteiger partial charge < -0.3 is 4.90 Å². The SMILES string of the molecule is CC1=CC(C)=C(c2nn(C)c(C(C)(F)F)c2Br)N2CC(C)N=C12. The summed E-state index contributed by atoms with van der Waals surface area (Å²) in [5, 5.41) is 4.37. The van der Waals surface area contributed by atoms with Crippen LogP contribution < -0.4 is 0 Å². The third-order valence-corrected chi connectivity index (χ3v) is 4.85. The zero-order valence-electron chi connectivity index (χ0n) is 13.8. The van der Waals surface area contributed by atoms with Gasteiger partial charge in [0.25, 0.3) is 5.92 Å². The molecular formula is C16H19BrF2N4. The van der Waals surface area contributed by atoms with Crippen LogP contribution in [0.15, 0.2) is 26.7 Å². The van der Waals surface area contributed by atoms with Crippen molar-refractivity contribution in [3.63, 3.8) is 0 Å². The van der Waals surface area contributed by atoms with Crippen molar-refractivity contribution in [2.45, 2.75) is 39.7 Å². The van der Waals surface area contributed by atoms with Crippen molar-refractivity contribution in [3.05, 3.63) is 33.1 Å². The third kappa shape index (κ3) is 2.55. The molecule has 4 nitrogen and oxygen atoms in total. The Labute approximate surface area is 142 Å². The first-order valence-electron chi connectivity index (χ1n) is 7.47. The standard InChI is InChI=1S/C16H19BrF2N4/c1-8-6-9(2)15-20-10(3)7-23(15)13(8)12-11(17)14(16(4,18)19)22(5)21-12/h6,10H,7H2,1-5H3. The molecule has 2 aliphatic rings. The van der Waals surface area contributed by atoms with Gasteiger partial charge in [0.15, 0.2) is 0 Å². The molecule has 0 saturated carbocycles. The van der Waals surface area contributed by atoms with Crippen LogP contribution in [0.5, 0.6) is 0 Å². The average molecular weight is 385 g/mol. The second kappa shape index (κ2) is 5.26. The summed E-state index contributed by atoms with van der Waals surface area (Å²) in [6.07, 6.45) is 2.04. The molecule has 0 radical (unpaired) electrons. The maximum atomic E-state index is 13.9. The smallest absolute Gasteiger partial charge is 0.287 e. The summed E-state index contributed by atoms with van der Waals surface area (Å²) in [5.74, 6) is -2.07. The predicted octanol–water partition coefficient (Wildman–Crippen LogP) is 4.09. The summed E-state index contributed by atoms with van der Waals surface area (Å²) in [7, 11) is 1.54. The van der Waals surface area contributed by atoms with E-state index >= 15 is 0 Å². The molecule has 23 heavy (non-hydrogen) atoms. The van der Waals surface area contributed by atoms with Crippen molar-refractivity contribution in [3.8, 4) is 0 Å². The van der Waals surface area contributed by atoms with Crippen LogP contribution in [0.25, 0.3) is 5.70 Å². The number of nitrogens with zero attached hydrogens (tertiary/aromatic N) is 4. The van der Waals surface area contributed by atoms with E-state index < -0.39 is 5.92 Å². The van der Waals surface area contributed by atoms with Gasteiger partial charge in [-0.2, -0.15) is 13.9 Å². The van der Waals surface area contributed by atoms with Crippen LogP contribution in [-0.4, -0.2) is 33.1 Å². The number of hydrogen-bond donors (Lipinski definition) is 0. The number of aryl methyl sites for hydroxylation is 1. The van der Waals surface area contributed by atoms with Crippen molar-refractivity contribution in [2.24, 2.45) is 12.0 Å². The number of aromatic nitrogens is 2. The summed E-state index contributed by atoms with van der Waals surface area (Å²) in [4.78, 5) is 6.73. The first kappa shape index (κ1) is 16.4. The van der Waals surface area contributed by atoms with E-state index in [2.05, 4.69) is 30.9 Å². The highest BCUT2D eigenvalue weighted by molar-refractivity contribution is 9.10. The summed E-state index contributed by atoms with van der Waals surface area (Å²) < 4.78 is 29.4. The van der Waals surface area contributed by atoms with Crippen molar-refractivity contribution in [1.29, 1.82) is 0 Å². The number of rotatable bonds is 2. The topological polar surface area (TPSA) is 33.4 Å². The Morgan fingerprint density at radius 2 is 2.00 bits per heavy atom. The fraction of sp³-hybridized carbons (Fsp3) is 0.500. The number of hydrogen-bond acceptors (Lipinski definition) is 3. The van der Waals surface area contributed by atoms with Crippen molar-refractivity contribution in [2.75, 3.05) is 6.54 Å². The predicted molar refractivity (Wildman–Crippen MR) is 90.4 cm³/mol. The minimum absolute atomic E-state index is 0.121. The van der Waals surface area contributed by atoms with Crippen LogP contribution in [0.4, 0.5) is 8.78 Å². The minimum Gasteiger partial charge on any atom is -0.322 e. The molecule has 0 spiro atoms. The van der Waals surface area contributed by atoms with Gasteiger partial charge in [0.1, 0.15) is 17.2 Å². The Morgan fingerprint density at radius 3 is 2.57 bits per heavy atom. The van der Waals surface area contributed by atoms with Crippen LogP contribution in [0.3, 0.4) is 0 Å². The van der Waals surface area contributed by atoms with Gasteiger partial charge in [0.2, 0.25) is 0 Å². The molecule has 3 heterocycles. The maximum absolute atomic E-state index is 13.9. The second-order valence-electron chi connectivity index (χ2n) is 6.29. The molecule has 0 N–H and O–H groups in total. The van der Waals surface area contributed by atoms with Gasteiger partial charge in [-0.15, -0.1) is 0 Å². The molecular weight excluding hydrogens is 366 g/mol. The third-order valence-electron chi connectivity index (χ3n) is 4.10. The largest absolute Gasteiger partial charge is 0.322 e. The van der Waals surface area contributed by atoms with Gasteiger partial charge >= 0.3 is 0 Å².